The molecule has 0 aliphatic carbocycles. The zero-order chi connectivity index (χ0) is 23.7. The smallest absolute Gasteiger partial charge is 0.274 e. The number of hydrogen-bond donors (Lipinski definition) is 1. The first kappa shape index (κ1) is 22.2. The minimum Gasteiger partial charge on any atom is -0.503 e. The highest BCUT2D eigenvalue weighted by Gasteiger charge is 2.30. The summed E-state index contributed by atoms with van der Waals surface area (Å²) in [6.07, 6.45) is 3.19. The van der Waals surface area contributed by atoms with E-state index >= 15 is 0 Å². The van der Waals surface area contributed by atoms with Gasteiger partial charge in [0.2, 0.25) is 5.43 Å². The van der Waals surface area contributed by atoms with Crippen LogP contribution in [0.4, 0.5) is 0 Å². The summed E-state index contributed by atoms with van der Waals surface area (Å²) in [4.78, 5) is 31.8. The number of ether oxygens (including phenoxy) is 1. The molecule has 0 radical (unpaired) electrons. The molecule has 0 spiro atoms. The van der Waals surface area contributed by atoms with Gasteiger partial charge in [0.25, 0.3) is 5.91 Å². The summed E-state index contributed by atoms with van der Waals surface area (Å²) in [5.41, 5.74) is 1.46. The van der Waals surface area contributed by atoms with Crippen LogP contribution in [-0.4, -0.2) is 32.0 Å². The van der Waals surface area contributed by atoms with Crippen LogP contribution in [0.1, 0.15) is 21.6 Å². The highest BCUT2D eigenvalue weighted by molar-refractivity contribution is 7.13. The van der Waals surface area contributed by atoms with E-state index in [0.717, 1.165) is 11.1 Å². The lowest BCUT2D eigenvalue weighted by Crippen LogP contribution is -2.41. The van der Waals surface area contributed by atoms with Gasteiger partial charge in [0.05, 0.1) is 5.56 Å². The lowest BCUT2D eigenvalue weighted by Gasteiger charge is -2.31. The Bertz CT molecular complexity index is 1400. The Kier molecular flexibility index (Phi) is 6.08. The summed E-state index contributed by atoms with van der Waals surface area (Å²) in [6.45, 7) is 1.45. The molecular weight excluding hydrogens is 474 g/mol. The summed E-state index contributed by atoms with van der Waals surface area (Å²) >= 11 is 7.50. The van der Waals surface area contributed by atoms with Gasteiger partial charge in [0, 0.05) is 48.0 Å². The van der Waals surface area contributed by atoms with Crippen LogP contribution in [0.3, 0.4) is 0 Å². The number of fused-ring (bicyclic) bond motifs is 1. The van der Waals surface area contributed by atoms with Gasteiger partial charge in [0.15, 0.2) is 11.4 Å². The van der Waals surface area contributed by atoms with Crippen molar-refractivity contribution in [2.45, 2.75) is 19.7 Å². The number of aromatic nitrogens is 2. The van der Waals surface area contributed by atoms with Gasteiger partial charge in [-0.05, 0) is 17.7 Å². The van der Waals surface area contributed by atoms with Crippen LogP contribution in [0.2, 0.25) is 5.02 Å². The molecule has 0 saturated carbocycles. The zero-order valence-corrected chi connectivity index (χ0v) is 19.6. The van der Waals surface area contributed by atoms with Crippen molar-refractivity contribution in [2.75, 3.05) is 6.54 Å². The molecule has 3 heterocycles. The van der Waals surface area contributed by atoms with Crippen LogP contribution in [0.25, 0.3) is 10.6 Å². The average Bonchev–Trinajstić information content (AvgIpc) is 3.38. The fourth-order valence-electron chi connectivity index (χ4n) is 3.92. The number of pyridine rings is 1. The van der Waals surface area contributed by atoms with Crippen LogP contribution in [0, 0.1) is 0 Å². The van der Waals surface area contributed by atoms with Gasteiger partial charge in [-0.15, -0.1) is 11.3 Å². The van der Waals surface area contributed by atoms with Gasteiger partial charge in [-0.2, -0.15) is 0 Å². The maximum absolute atomic E-state index is 13.3. The molecule has 1 amide bonds. The summed E-state index contributed by atoms with van der Waals surface area (Å²) in [7, 11) is 0. The van der Waals surface area contributed by atoms with Crippen molar-refractivity contribution in [1.29, 1.82) is 0 Å². The van der Waals surface area contributed by atoms with E-state index in [1.54, 1.807) is 39.4 Å². The number of amides is 1. The number of carbonyl (C=O) groups is 1. The second-order valence-corrected chi connectivity index (χ2v) is 9.18. The Hall–Kier alpha value is -3.62. The predicted octanol–water partition coefficient (Wildman–Crippen LogP) is 4.57. The quantitative estimate of drug-likeness (QED) is 0.425. The number of nitrogens with zero attached hydrogens (tertiary/aromatic N) is 3. The summed E-state index contributed by atoms with van der Waals surface area (Å²) in [6, 6.07) is 15.1. The molecule has 9 heteroatoms. The molecule has 0 fully saturated rings. The van der Waals surface area contributed by atoms with Gasteiger partial charge >= 0.3 is 0 Å². The van der Waals surface area contributed by atoms with Crippen molar-refractivity contribution in [2.24, 2.45) is 0 Å². The van der Waals surface area contributed by atoms with Crippen LogP contribution in [0.15, 0.2) is 71.1 Å². The number of aromatic hydroxyl groups is 1. The van der Waals surface area contributed by atoms with E-state index in [-0.39, 0.29) is 17.8 Å². The van der Waals surface area contributed by atoms with Crippen LogP contribution >= 0.6 is 22.9 Å². The molecule has 1 aliphatic heterocycles. The van der Waals surface area contributed by atoms with Crippen LogP contribution < -0.4 is 10.2 Å². The third kappa shape index (κ3) is 4.30. The van der Waals surface area contributed by atoms with E-state index in [2.05, 4.69) is 4.98 Å². The number of hydrogen-bond acceptors (Lipinski definition) is 6. The minimum absolute atomic E-state index is 0.0164. The van der Waals surface area contributed by atoms with Crippen molar-refractivity contribution in [3.63, 3.8) is 0 Å². The minimum atomic E-state index is -0.602. The van der Waals surface area contributed by atoms with E-state index in [1.807, 2.05) is 36.4 Å². The Morgan fingerprint density at radius 3 is 2.71 bits per heavy atom. The molecule has 1 aliphatic rings. The molecule has 4 aromatic rings. The molecule has 0 atom stereocenters. The molecule has 0 bridgehead atoms. The third-order valence-electron chi connectivity index (χ3n) is 5.65. The first-order chi connectivity index (χ1) is 16.5. The Balaban J connectivity index is 1.41. The van der Waals surface area contributed by atoms with Gasteiger partial charge in [-0.1, -0.05) is 48.0 Å². The van der Waals surface area contributed by atoms with Gasteiger partial charge in [0.1, 0.15) is 17.4 Å². The second-order valence-electron chi connectivity index (χ2n) is 7.85. The Morgan fingerprint density at radius 1 is 1.12 bits per heavy atom. The van der Waals surface area contributed by atoms with Gasteiger partial charge < -0.3 is 19.3 Å². The first-order valence-corrected chi connectivity index (χ1v) is 11.9. The second kappa shape index (κ2) is 9.32. The lowest BCUT2D eigenvalue weighted by atomic mass is 10.1. The topological polar surface area (TPSA) is 84.7 Å². The summed E-state index contributed by atoms with van der Waals surface area (Å²) in [5, 5.41) is 13.4. The van der Waals surface area contributed by atoms with Crippen LogP contribution in [0.5, 0.6) is 11.5 Å². The van der Waals surface area contributed by atoms with Crippen molar-refractivity contribution >= 4 is 28.8 Å². The molecule has 5 rings (SSSR count). The van der Waals surface area contributed by atoms with Gasteiger partial charge in [-0.25, -0.2) is 4.98 Å². The highest BCUT2D eigenvalue weighted by Crippen LogP contribution is 2.29. The molecular formula is C25H20ClN3O4S. The predicted molar refractivity (Wildman–Crippen MR) is 130 cm³/mol. The van der Waals surface area contributed by atoms with Crippen molar-refractivity contribution in [3.8, 4) is 22.1 Å². The molecule has 0 unspecified atom stereocenters. The van der Waals surface area contributed by atoms with Crippen LogP contribution in [-0.2, 0) is 19.7 Å². The van der Waals surface area contributed by atoms with Crippen molar-refractivity contribution in [3.05, 3.63) is 98.4 Å². The average molecular weight is 494 g/mol. The molecule has 7 nitrogen and oxygen atoms in total. The van der Waals surface area contributed by atoms with E-state index in [0.29, 0.717) is 35.5 Å². The van der Waals surface area contributed by atoms with Gasteiger partial charge in [-0.3, -0.25) is 9.59 Å². The molecule has 0 saturated heterocycles. The van der Waals surface area contributed by atoms with E-state index in [1.165, 1.54) is 11.3 Å². The number of carbonyl (C=O) groups excluding carboxylic acids is 1. The lowest BCUT2D eigenvalue weighted by molar-refractivity contribution is 0.0681. The molecule has 172 valence electrons. The Morgan fingerprint density at radius 2 is 1.94 bits per heavy atom. The third-order valence-corrected chi connectivity index (χ3v) is 6.69. The normalized spacial score (nSPS) is 13.1. The SMILES string of the molecule is O=C1c2c(O)c(=O)c(-c3nccs3)cn2CCN1Cc1ccc(Cl)cc1OCc1ccccc1. The zero-order valence-electron chi connectivity index (χ0n) is 18.0. The molecule has 34 heavy (non-hydrogen) atoms. The van der Waals surface area contributed by atoms with E-state index in [9.17, 15) is 14.7 Å². The number of benzene rings is 2. The Labute approximate surface area is 204 Å². The number of halogens is 1. The largest absolute Gasteiger partial charge is 0.503 e. The maximum atomic E-state index is 13.3. The monoisotopic (exact) mass is 493 g/mol. The summed E-state index contributed by atoms with van der Waals surface area (Å²) < 4.78 is 7.64. The standard InChI is InChI=1S/C25H20ClN3O4S/c26-18-7-6-17(20(12-18)33-15-16-4-2-1-3-5-16)13-29-10-9-28-14-19(24-27-8-11-34-24)22(30)23(31)21(28)25(29)32/h1-8,11-12,14,31H,9-10,13,15H2. The number of rotatable bonds is 6. The maximum Gasteiger partial charge on any atom is 0.274 e. The van der Waals surface area contributed by atoms with Crippen molar-refractivity contribution in [1.82, 2.24) is 14.5 Å². The summed E-state index contributed by atoms with van der Waals surface area (Å²) in [5.74, 6) is -0.398. The van der Waals surface area contributed by atoms with E-state index in [4.69, 9.17) is 16.3 Å². The van der Waals surface area contributed by atoms with E-state index < -0.39 is 17.1 Å². The van der Waals surface area contributed by atoms with Crippen molar-refractivity contribution < 1.29 is 14.6 Å². The fourth-order valence-corrected chi connectivity index (χ4v) is 4.73. The molecule has 2 aromatic carbocycles. The number of thiazole rings is 1. The fraction of sp³-hybridized carbons (Fsp3) is 0.160. The molecule has 2 aromatic heterocycles. The highest BCUT2D eigenvalue weighted by atomic mass is 35.5. The first-order valence-electron chi connectivity index (χ1n) is 10.6. The molecule has 1 N–H and O–H groups in total.